The van der Waals surface area contributed by atoms with Crippen LogP contribution in [0.3, 0.4) is 0 Å². The Balaban J connectivity index is 1.44. The van der Waals surface area contributed by atoms with Crippen molar-refractivity contribution in [2.75, 3.05) is 29.4 Å². The molecule has 0 aliphatic carbocycles. The number of carbonyl (C=O) groups excluding carboxylic acids is 1. The lowest BCUT2D eigenvalue weighted by molar-refractivity contribution is -0.117. The van der Waals surface area contributed by atoms with Gasteiger partial charge in [0.15, 0.2) is 5.16 Å². The van der Waals surface area contributed by atoms with Gasteiger partial charge in [-0.1, -0.05) is 47.6 Å². The van der Waals surface area contributed by atoms with E-state index in [1.807, 2.05) is 58.9 Å². The van der Waals surface area contributed by atoms with Gasteiger partial charge in [0, 0.05) is 30.3 Å². The Morgan fingerprint density at radius 2 is 1.87 bits per heavy atom. The molecule has 3 heterocycles. The summed E-state index contributed by atoms with van der Waals surface area (Å²) < 4.78 is 2.03. The van der Waals surface area contributed by atoms with Crippen molar-refractivity contribution in [2.24, 2.45) is 0 Å². The molecule has 1 fully saturated rings. The number of hydrogen-bond acceptors (Lipinski definition) is 5. The second-order valence-corrected chi connectivity index (χ2v) is 9.67. The predicted molar refractivity (Wildman–Crippen MR) is 126 cm³/mol. The van der Waals surface area contributed by atoms with Gasteiger partial charge in [0.1, 0.15) is 0 Å². The zero-order valence-corrected chi connectivity index (χ0v) is 18.9. The molecule has 0 N–H and O–H groups in total. The molecule has 1 amide bonds. The van der Waals surface area contributed by atoms with Crippen LogP contribution in [-0.2, 0) is 11.2 Å². The summed E-state index contributed by atoms with van der Waals surface area (Å²) in [5.74, 6) is 0.909. The molecule has 1 saturated heterocycles. The van der Waals surface area contributed by atoms with Gasteiger partial charge >= 0.3 is 0 Å². The molecule has 160 valence electrons. The van der Waals surface area contributed by atoms with Gasteiger partial charge < -0.3 is 9.80 Å². The third kappa shape index (κ3) is 3.92. The van der Waals surface area contributed by atoms with Crippen LogP contribution in [0.25, 0.3) is 5.69 Å². The molecule has 8 heteroatoms. The monoisotopic (exact) mass is 453 g/mol. The van der Waals surface area contributed by atoms with Crippen molar-refractivity contribution in [2.45, 2.75) is 36.6 Å². The highest BCUT2D eigenvalue weighted by molar-refractivity contribution is 8.00. The number of thioether (sulfide) groups is 1. The van der Waals surface area contributed by atoms with E-state index in [9.17, 15) is 4.79 Å². The number of carbonyl (C=O) groups is 1. The number of para-hydroxylation sites is 1. The van der Waals surface area contributed by atoms with E-state index < -0.39 is 0 Å². The lowest BCUT2D eigenvalue weighted by atomic mass is 10.2. The van der Waals surface area contributed by atoms with Gasteiger partial charge in [-0.25, -0.2) is 0 Å². The smallest absolute Gasteiger partial charge is 0.240 e. The molecule has 3 aromatic rings. The maximum atomic E-state index is 13.3. The fourth-order valence-electron chi connectivity index (χ4n) is 4.30. The summed E-state index contributed by atoms with van der Waals surface area (Å²) in [4.78, 5) is 17.4. The second kappa shape index (κ2) is 8.55. The zero-order valence-electron chi connectivity index (χ0n) is 17.4. The van der Waals surface area contributed by atoms with Crippen LogP contribution in [-0.4, -0.2) is 45.6 Å². The molecule has 0 saturated carbocycles. The molecular weight excluding hydrogens is 430 g/mol. The number of anilines is 2. The van der Waals surface area contributed by atoms with Crippen molar-refractivity contribution in [3.8, 4) is 5.69 Å². The molecule has 1 atom stereocenters. The van der Waals surface area contributed by atoms with Crippen molar-refractivity contribution in [3.63, 3.8) is 0 Å². The Labute approximate surface area is 191 Å². The van der Waals surface area contributed by atoms with Crippen molar-refractivity contribution in [3.05, 3.63) is 59.1 Å². The third-order valence-electron chi connectivity index (χ3n) is 5.85. The van der Waals surface area contributed by atoms with Crippen molar-refractivity contribution < 1.29 is 4.79 Å². The standard InChI is InChI=1S/C23H24ClN5OS/c1-16(21(30)28-14-11-17-7-2-3-10-20(17)28)31-23-26-25-22(27-12-4-5-13-27)29(23)19-9-6-8-18(24)15-19/h2-3,6-10,15-16H,4-5,11-14H2,1H3. The van der Waals surface area contributed by atoms with Crippen LogP contribution >= 0.6 is 23.4 Å². The van der Waals surface area contributed by atoms with Crippen molar-refractivity contribution >= 4 is 40.9 Å². The quantitative estimate of drug-likeness (QED) is 0.529. The molecule has 2 aromatic carbocycles. The Morgan fingerprint density at radius 1 is 1.06 bits per heavy atom. The SMILES string of the molecule is CC(Sc1nnc(N2CCCC2)n1-c1cccc(Cl)c1)C(=O)N1CCc2ccccc21. The molecule has 1 aromatic heterocycles. The highest BCUT2D eigenvalue weighted by Gasteiger charge is 2.30. The minimum absolute atomic E-state index is 0.0957. The Kier molecular flexibility index (Phi) is 5.63. The number of nitrogens with zero attached hydrogens (tertiary/aromatic N) is 5. The number of halogens is 1. The van der Waals surface area contributed by atoms with Crippen molar-refractivity contribution in [1.82, 2.24) is 14.8 Å². The Bertz CT molecular complexity index is 1110. The predicted octanol–water partition coefficient (Wildman–Crippen LogP) is 4.59. The maximum absolute atomic E-state index is 13.3. The van der Waals surface area contributed by atoms with E-state index >= 15 is 0 Å². The van der Waals surface area contributed by atoms with E-state index in [4.69, 9.17) is 11.6 Å². The van der Waals surface area contributed by atoms with Gasteiger partial charge in [-0.15, -0.1) is 10.2 Å². The largest absolute Gasteiger partial charge is 0.341 e. The summed E-state index contributed by atoms with van der Waals surface area (Å²) >= 11 is 7.73. The van der Waals surface area contributed by atoms with E-state index in [0.29, 0.717) is 10.2 Å². The first-order chi connectivity index (χ1) is 15.1. The van der Waals surface area contributed by atoms with Gasteiger partial charge in [0.2, 0.25) is 11.9 Å². The van der Waals surface area contributed by atoms with Crippen LogP contribution in [0.5, 0.6) is 0 Å². The normalized spacial score (nSPS) is 16.6. The van der Waals surface area contributed by atoms with Crippen LogP contribution < -0.4 is 9.80 Å². The van der Waals surface area contributed by atoms with Gasteiger partial charge in [-0.2, -0.15) is 0 Å². The number of hydrogen-bond donors (Lipinski definition) is 0. The fraction of sp³-hybridized carbons (Fsp3) is 0.348. The molecule has 6 nitrogen and oxygen atoms in total. The van der Waals surface area contributed by atoms with Crippen LogP contribution in [0.2, 0.25) is 5.02 Å². The number of benzene rings is 2. The summed E-state index contributed by atoms with van der Waals surface area (Å²) in [5.41, 5.74) is 3.16. The van der Waals surface area contributed by atoms with Crippen LogP contribution in [0.15, 0.2) is 53.7 Å². The van der Waals surface area contributed by atoms with E-state index in [-0.39, 0.29) is 11.2 Å². The summed E-state index contributed by atoms with van der Waals surface area (Å²) in [6.07, 6.45) is 3.19. The first-order valence-electron chi connectivity index (χ1n) is 10.6. The average molecular weight is 454 g/mol. The van der Waals surface area contributed by atoms with Crippen LogP contribution in [0.4, 0.5) is 11.6 Å². The highest BCUT2D eigenvalue weighted by atomic mass is 35.5. The Hall–Kier alpha value is -2.51. The molecule has 31 heavy (non-hydrogen) atoms. The van der Waals surface area contributed by atoms with Gasteiger partial charge in [0.25, 0.3) is 0 Å². The summed E-state index contributed by atoms with van der Waals surface area (Å²) in [6, 6.07) is 15.8. The number of aromatic nitrogens is 3. The van der Waals surface area contributed by atoms with Gasteiger partial charge in [-0.3, -0.25) is 9.36 Å². The van der Waals surface area contributed by atoms with Gasteiger partial charge in [0.05, 0.1) is 10.9 Å². The average Bonchev–Trinajstić information content (AvgIpc) is 3.52. The second-order valence-electron chi connectivity index (χ2n) is 7.92. The maximum Gasteiger partial charge on any atom is 0.240 e. The lowest BCUT2D eigenvalue weighted by Gasteiger charge is -2.22. The first-order valence-corrected chi connectivity index (χ1v) is 11.9. The van der Waals surface area contributed by atoms with Crippen LogP contribution in [0, 0.1) is 0 Å². The number of amides is 1. The van der Waals surface area contributed by atoms with E-state index in [0.717, 1.165) is 56.2 Å². The Morgan fingerprint density at radius 3 is 2.68 bits per heavy atom. The molecular formula is C23H24ClN5OS. The van der Waals surface area contributed by atoms with E-state index in [2.05, 4.69) is 21.2 Å². The molecule has 0 spiro atoms. The third-order valence-corrected chi connectivity index (χ3v) is 7.12. The lowest BCUT2D eigenvalue weighted by Crippen LogP contribution is -2.35. The number of rotatable bonds is 5. The molecule has 5 rings (SSSR count). The fourth-order valence-corrected chi connectivity index (χ4v) is 5.41. The first kappa shape index (κ1) is 20.4. The van der Waals surface area contributed by atoms with Crippen LogP contribution in [0.1, 0.15) is 25.3 Å². The summed E-state index contributed by atoms with van der Waals surface area (Å²) in [7, 11) is 0. The molecule has 0 bridgehead atoms. The number of fused-ring (bicyclic) bond motifs is 1. The van der Waals surface area contributed by atoms with Gasteiger partial charge in [-0.05, 0) is 56.0 Å². The van der Waals surface area contributed by atoms with E-state index in [1.54, 1.807) is 0 Å². The van der Waals surface area contributed by atoms with Crippen molar-refractivity contribution in [1.29, 1.82) is 0 Å². The minimum Gasteiger partial charge on any atom is -0.341 e. The summed E-state index contributed by atoms with van der Waals surface area (Å²) in [5, 5.41) is 10.1. The van der Waals surface area contributed by atoms with E-state index in [1.165, 1.54) is 17.3 Å². The molecule has 2 aliphatic heterocycles. The molecule has 0 radical (unpaired) electrons. The zero-order chi connectivity index (χ0) is 21.4. The molecule has 2 aliphatic rings. The minimum atomic E-state index is -0.292. The topological polar surface area (TPSA) is 54.3 Å². The highest BCUT2D eigenvalue weighted by Crippen LogP contribution is 2.34. The summed E-state index contributed by atoms with van der Waals surface area (Å²) in [6.45, 7) is 4.59. The molecule has 1 unspecified atom stereocenters.